The highest BCUT2D eigenvalue weighted by atomic mass is 32.2. The Morgan fingerprint density at radius 3 is 2.40 bits per heavy atom. The number of nitrogens with one attached hydrogen (secondary N) is 2. The first-order chi connectivity index (χ1) is 19.5. The summed E-state index contributed by atoms with van der Waals surface area (Å²) in [4.78, 5) is 21.2. The number of nitrogens with zero attached hydrogens (tertiary/aromatic N) is 4. The number of hydrogen-bond acceptors (Lipinski definition) is 9. The maximum atomic E-state index is 14.3. The molecule has 1 amide bonds. The van der Waals surface area contributed by atoms with Crippen LogP contribution in [0.3, 0.4) is 0 Å². The van der Waals surface area contributed by atoms with E-state index in [4.69, 9.17) is 4.74 Å². The lowest BCUT2D eigenvalue weighted by molar-refractivity contribution is -0.138. The molecule has 0 bridgehead atoms. The van der Waals surface area contributed by atoms with E-state index in [2.05, 4.69) is 25.7 Å². The van der Waals surface area contributed by atoms with E-state index in [1.165, 1.54) is 36.9 Å². The van der Waals surface area contributed by atoms with E-state index in [1.54, 1.807) is 20.8 Å². The highest BCUT2D eigenvalue weighted by molar-refractivity contribution is 7.91. The van der Waals surface area contributed by atoms with Crippen LogP contribution < -0.4 is 15.4 Å². The molecule has 228 valence electrons. The second-order valence-electron chi connectivity index (χ2n) is 11.1. The van der Waals surface area contributed by atoms with Crippen molar-refractivity contribution in [1.29, 1.82) is 0 Å². The SMILES string of the molecule is CCS(=O)(=O)c1ccc(CNC(=O)c2nn(C(C)(C)C)c(Oc3cncc(NC4CC(O)C4)c3C(F)(F)F)c2C)nc1. The van der Waals surface area contributed by atoms with Gasteiger partial charge in [0, 0.05) is 17.8 Å². The van der Waals surface area contributed by atoms with E-state index >= 15 is 0 Å². The summed E-state index contributed by atoms with van der Waals surface area (Å²) in [6.45, 7) is 8.26. The van der Waals surface area contributed by atoms with Gasteiger partial charge in [0.05, 0.1) is 52.6 Å². The zero-order chi connectivity index (χ0) is 31.0. The summed E-state index contributed by atoms with van der Waals surface area (Å²) in [5, 5.41) is 19.4. The zero-order valence-electron chi connectivity index (χ0n) is 23.8. The van der Waals surface area contributed by atoms with Crippen molar-refractivity contribution in [2.75, 3.05) is 11.1 Å². The highest BCUT2D eigenvalue weighted by Gasteiger charge is 2.40. The van der Waals surface area contributed by atoms with Crippen LogP contribution in [-0.4, -0.2) is 57.1 Å². The minimum absolute atomic E-state index is 0.0466. The van der Waals surface area contributed by atoms with Gasteiger partial charge in [0.15, 0.2) is 21.3 Å². The first kappa shape index (κ1) is 31.2. The summed E-state index contributed by atoms with van der Waals surface area (Å²) >= 11 is 0. The van der Waals surface area contributed by atoms with Crippen LogP contribution in [0.2, 0.25) is 0 Å². The van der Waals surface area contributed by atoms with Crippen LogP contribution in [0.5, 0.6) is 11.6 Å². The van der Waals surface area contributed by atoms with Crippen LogP contribution in [0.15, 0.2) is 35.6 Å². The number of rotatable bonds is 9. The normalized spacial score (nSPS) is 17.5. The van der Waals surface area contributed by atoms with Gasteiger partial charge in [0.2, 0.25) is 5.88 Å². The van der Waals surface area contributed by atoms with Crippen molar-refractivity contribution < 1.29 is 36.2 Å². The van der Waals surface area contributed by atoms with Crippen molar-refractivity contribution >= 4 is 21.4 Å². The van der Waals surface area contributed by atoms with Gasteiger partial charge in [0.25, 0.3) is 5.91 Å². The van der Waals surface area contributed by atoms with Crippen LogP contribution in [-0.2, 0) is 28.1 Å². The predicted molar refractivity (Wildman–Crippen MR) is 147 cm³/mol. The maximum absolute atomic E-state index is 14.3. The van der Waals surface area contributed by atoms with Gasteiger partial charge in [-0.1, -0.05) is 6.92 Å². The topological polar surface area (TPSA) is 148 Å². The monoisotopic (exact) mass is 610 g/mol. The molecule has 3 N–H and O–H groups in total. The Hall–Kier alpha value is -3.72. The van der Waals surface area contributed by atoms with Gasteiger partial charge >= 0.3 is 6.18 Å². The summed E-state index contributed by atoms with van der Waals surface area (Å²) < 4.78 is 74.0. The Balaban J connectivity index is 1.62. The number of carbonyl (C=O) groups is 1. The van der Waals surface area contributed by atoms with Gasteiger partial charge in [-0.2, -0.15) is 18.3 Å². The van der Waals surface area contributed by atoms with Crippen molar-refractivity contribution in [3.63, 3.8) is 0 Å². The summed E-state index contributed by atoms with van der Waals surface area (Å²) in [6, 6.07) is 2.55. The third-order valence-corrected chi connectivity index (χ3v) is 8.48. The molecule has 1 saturated carbocycles. The van der Waals surface area contributed by atoms with E-state index < -0.39 is 44.9 Å². The number of carbonyl (C=O) groups excluding carboxylic acids is 1. The van der Waals surface area contributed by atoms with Crippen LogP contribution in [0.25, 0.3) is 0 Å². The Morgan fingerprint density at radius 2 is 1.86 bits per heavy atom. The summed E-state index contributed by atoms with van der Waals surface area (Å²) in [5.41, 5.74) is -1.60. The summed E-state index contributed by atoms with van der Waals surface area (Å²) in [6.07, 6.45) is -1.51. The lowest BCUT2D eigenvalue weighted by Crippen LogP contribution is -2.39. The molecular weight excluding hydrogens is 577 g/mol. The molecule has 1 fully saturated rings. The standard InChI is InChI=1S/C27H33F3N6O5S/c1-6-42(39,40)19-8-7-16(32-12-19)11-33-24(38)23-15(2)25(36(35-23)26(3,4)5)41-21-14-31-13-20(22(21)27(28,29)30)34-17-9-18(37)10-17/h7-8,12-14,17-18,34,37H,6,9-11H2,1-5H3,(H,33,38). The molecule has 3 heterocycles. The molecule has 0 aromatic carbocycles. The zero-order valence-corrected chi connectivity index (χ0v) is 24.6. The number of pyridine rings is 2. The van der Waals surface area contributed by atoms with Crippen molar-refractivity contribution in [3.05, 3.63) is 53.2 Å². The molecule has 3 aromatic heterocycles. The van der Waals surface area contributed by atoms with Crippen molar-refractivity contribution in [3.8, 4) is 11.6 Å². The molecule has 0 spiro atoms. The summed E-state index contributed by atoms with van der Waals surface area (Å²) in [7, 11) is -3.42. The number of aliphatic hydroxyl groups excluding tert-OH is 1. The average Bonchev–Trinajstić information content (AvgIpc) is 3.22. The van der Waals surface area contributed by atoms with Gasteiger partial charge in [-0.3, -0.25) is 14.8 Å². The Morgan fingerprint density at radius 1 is 1.17 bits per heavy atom. The number of ether oxygens (including phenoxy) is 1. The largest absolute Gasteiger partial charge is 0.437 e. The molecule has 0 saturated heterocycles. The number of aliphatic hydroxyl groups is 1. The number of halogens is 3. The minimum atomic E-state index is -4.80. The van der Waals surface area contributed by atoms with Crippen molar-refractivity contribution in [2.24, 2.45) is 0 Å². The number of anilines is 1. The van der Waals surface area contributed by atoms with Crippen molar-refractivity contribution in [2.45, 2.75) is 82.8 Å². The molecule has 1 aliphatic carbocycles. The van der Waals surface area contributed by atoms with Gasteiger partial charge < -0.3 is 20.5 Å². The molecule has 4 rings (SSSR count). The van der Waals surface area contributed by atoms with Gasteiger partial charge in [-0.25, -0.2) is 13.1 Å². The Labute approximate surface area is 241 Å². The number of aromatic nitrogens is 4. The highest BCUT2D eigenvalue weighted by Crippen LogP contribution is 2.44. The van der Waals surface area contributed by atoms with Crippen LogP contribution in [0.4, 0.5) is 18.9 Å². The van der Waals surface area contributed by atoms with E-state index in [9.17, 15) is 31.5 Å². The lowest BCUT2D eigenvalue weighted by atomic mass is 9.89. The third kappa shape index (κ3) is 6.67. The molecule has 3 aromatic rings. The maximum Gasteiger partial charge on any atom is 0.422 e. The number of alkyl halides is 3. The van der Waals surface area contributed by atoms with E-state index in [0.29, 0.717) is 18.5 Å². The van der Waals surface area contributed by atoms with E-state index in [1.807, 2.05) is 0 Å². The van der Waals surface area contributed by atoms with Gasteiger partial charge in [-0.15, -0.1) is 0 Å². The van der Waals surface area contributed by atoms with Gasteiger partial charge in [0.1, 0.15) is 5.56 Å². The first-order valence-electron chi connectivity index (χ1n) is 13.2. The molecule has 15 heteroatoms. The fourth-order valence-corrected chi connectivity index (χ4v) is 5.16. The lowest BCUT2D eigenvalue weighted by Gasteiger charge is -2.33. The van der Waals surface area contributed by atoms with Crippen LogP contribution in [0, 0.1) is 6.92 Å². The van der Waals surface area contributed by atoms with Crippen molar-refractivity contribution in [1.82, 2.24) is 25.1 Å². The smallest absolute Gasteiger partial charge is 0.422 e. The van der Waals surface area contributed by atoms with E-state index in [-0.39, 0.29) is 46.1 Å². The molecule has 0 radical (unpaired) electrons. The molecule has 0 aliphatic heterocycles. The fraction of sp³-hybridized carbons (Fsp3) is 0.481. The second kappa shape index (κ2) is 11.5. The molecule has 1 aliphatic rings. The molecule has 0 unspecified atom stereocenters. The number of sulfone groups is 1. The number of hydrogen-bond donors (Lipinski definition) is 3. The second-order valence-corrected chi connectivity index (χ2v) is 13.3. The predicted octanol–water partition coefficient (Wildman–Crippen LogP) is 4.21. The molecule has 42 heavy (non-hydrogen) atoms. The van der Waals surface area contributed by atoms with E-state index in [0.717, 1.165) is 12.4 Å². The fourth-order valence-electron chi connectivity index (χ4n) is 4.34. The minimum Gasteiger partial charge on any atom is -0.437 e. The molecule has 11 nitrogen and oxygen atoms in total. The van der Waals surface area contributed by atoms with Gasteiger partial charge in [-0.05, 0) is 52.7 Å². The quantitative estimate of drug-likeness (QED) is 0.324. The molecule has 0 atom stereocenters. The van der Waals surface area contributed by atoms with Crippen LogP contribution in [0.1, 0.15) is 67.8 Å². The molecular formula is C27H33F3N6O5S. The average molecular weight is 611 g/mol. The Kier molecular flexibility index (Phi) is 8.56. The third-order valence-electron chi connectivity index (χ3n) is 6.76. The van der Waals surface area contributed by atoms with Crippen LogP contribution >= 0.6 is 0 Å². The first-order valence-corrected chi connectivity index (χ1v) is 14.9. The summed E-state index contributed by atoms with van der Waals surface area (Å²) in [5.74, 6) is -1.33. The Bertz CT molecular complexity index is 1560. The number of amides is 1.